The van der Waals surface area contributed by atoms with Gasteiger partial charge in [0.05, 0.1) is 18.1 Å². The van der Waals surface area contributed by atoms with Crippen LogP contribution in [0.4, 0.5) is 0 Å². The van der Waals surface area contributed by atoms with Crippen LogP contribution in [0.5, 0.6) is 0 Å². The molecule has 2 saturated heterocycles. The molecule has 3 aliphatic rings. The third-order valence-electron chi connectivity index (χ3n) is 7.76. The van der Waals surface area contributed by atoms with Gasteiger partial charge >= 0.3 is 0 Å². The summed E-state index contributed by atoms with van der Waals surface area (Å²) in [6, 6.07) is -1.03. The number of nitrogens with zero attached hydrogens (tertiary/aromatic N) is 1. The number of piperidine rings is 1. The molecule has 3 heterocycles. The summed E-state index contributed by atoms with van der Waals surface area (Å²) in [5, 5.41) is 6.33. The number of allylic oxidation sites excluding steroid dienone is 2. The van der Waals surface area contributed by atoms with Gasteiger partial charge in [0.2, 0.25) is 17.7 Å². The number of hydrogen-bond acceptors (Lipinski definition) is 5. The molecule has 0 aromatic rings. The summed E-state index contributed by atoms with van der Waals surface area (Å²) < 4.78 is 5.68. The van der Waals surface area contributed by atoms with Gasteiger partial charge in [-0.25, -0.2) is 0 Å². The summed E-state index contributed by atoms with van der Waals surface area (Å²) >= 11 is 0. The van der Waals surface area contributed by atoms with E-state index in [-0.39, 0.29) is 41.5 Å². The molecule has 4 N–H and O–H groups in total. The van der Waals surface area contributed by atoms with Gasteiger partial charge in [0.15, 0.2) is 0 Å². The molecule has 3 aliphatic heterocycles. The fourth-order valence-electron chi connectivity index (χ4n) is 5.27. The van der Waals surface area contributed by atoms with E-state index < -0.39 is 17.5 Å². The summed E-state index contributed by atoms with van der Waals surface area (Å²) in [4.78, 5) is 41.5. The minimum absolute atomic E-state index is 0.0469. The van der Waals surface area contributed by atoms with Crippen LogP contribution in [0.2, 0.25) is 0 Å². The Labute approximate surface area is 204 Å². The van der Waals surface area contributed by atoms with Gasteiger partial charge in [-0.1, -0.05) is 39.8 Å². The lowest BCUT2D eigenvalue weighted by molar-refractivity contribution is -0.143. The van der Waals surface area contributed by atoms with E-state index in [0.717, 1.165) is 12.8 Å². The SMILES string of the molecule is CC(C)C[C@@H]1NC(=O)C2(C/C=C/C[C@@H]3COCC[C@@H]3NC1=O)CCN(C(=O)[C@H](N)C(C)C)CC2. The Morgan fingerprint density at radius 2 is 1.88 bits per heavy atom. The maximum atomic E-state index is 13.7. The summed E-state index contributed by atoms with van der Waals surface area (Å²) in [7, 11) is 0. The maximum Gasteiger partial charge on any atom is 0.242 e. The average molecular weight is 477 g/mol. The van der Waals surface area contributed by atoms with E-state index in [1.807, 2.05) is 13.8 Å². The van der Waals surface area contributed by atoms with E-state index in [1.165, 1.54) is 0 Å². The summed E-state index contributed by atoms with van der Waals surface area (Å²) in [6.07, 6.45) is 8.16. The van der Waals surface area contributed by atoms with E-state index in [1.54, 1.807) is 4.90 Å². The standard InChI is InChI=1S/C26H44N4O4/c1-17(2)15-21-23(31)28-20-8-14-34-16-19(20)7-5-6-9-26(25(33)29-21)10-12-30(13-11-26)24(32)22(27)18(3)4/h5-6,17-22H,7-16,27H2,1-4H3,(H,28,31)(H,29,33)/b6-5+/t19-,20+,21+,22-/m1/s1. The topological polar surface area (TPSA) is 114 Å². The van der Waals surface area contributed by atoms with E-state index in [4.69, 9.17) is 10.5 Å². The lowest BCUT2D eigenvalue weighted by Crippen LogP contribution is -2.58. The Hall–Kier alpha value is -1.93. The number of nitrogens with one attached hydrogen (secondary N) is 2. The van der Waals surface area contributed by atoms with E-state index in [0.29, 0.717) is 52.0 Å². The van der Waals surface area contributed by atoms with Crippen LogP contribution in [0.25, 0.3) is 0 Å². The van der Waals surface area contributed by atoms with Gasteiger partial charge in [0.1, 0.15) is 6.04 Å². The zero-order valence-corrected chi connectivity index (χ0v) is 21.3. The number of ether oxygens (including phenoxy) is 1. The first kappa shape index (κ1) is 26.7. The minimum atomic E-state index is -0.633. The van der Waals surface area contributed by atoms with Gasteiger partial charge in [-0.2, -0.15) is 0 Å². The quantitative estimate of drug-likeness (QED) is 0.537. The largest absolute Gasteiger partial charge is 0.381 e. The Kier molecular flexibility index (Phi) is 9.15. The summed E-state index contributed by atoms with van der Waals surface area (Å²) in [5.74, 6) is 0.337. The third-order valence-corrected chi connectivity index (χ3v) is 7.76. The molecule has 0 aromatic heterocycles. The average Bonchev–Trinajstić information content (AvgIpc) is 2.80. The molecule has 3 rings (SSSR count). The van der Waals surface area contributed by atoms with Crippen LogP contribution in [0.3, 0.4) is 0 Å². The Morgan fingerprint density at radius 3 is 2.53 bits per heavy atom. The second-order valence-electron chi connectivity index (χ2n) is 11.2. The molecule has 34 heavy (non-hydrogen) atoms. The zero-order chi connectivity index (χ0) is 24.9. The zero-order valence-electron chi connectivity index (χ0n) is 21.3. The summed E-state index contributed by atoms with van der Waals surface area (Å²) in [5.41, 5.74) is 5.47. The Morgan fingerprint density at radius 1 is 1.18 bits per heavy atom. The first-order valence-electron chi connectivity index (χ1n) is 13.0. The van der Waals surface area contributed by atoms with Crippen molar-refractivity contribution in [2.24, 2.45) is 28.9 Å². The fraction of sp³-hybridized carbons (Fsp3) is 0.808. The molecule has 0 aromatic carbocycles. The second kappa shape index (κ2) is 11.7. The predicted molar refractivity (Wildman–Crippen MR) is 132 cm³/mol. The van der Waals surface area contributed by atoms with E-state index in [2.05, 4.69) is 36.6 Å². The molecular weight excluding hydrogens is 432 g/mol. The number of carbonyl (C=O) groups excluding carboxylic acids is 3. The molecule has 1 spiro atoms. The highest BCUT2D eigenvalue weighted by Gasteiger charge is 2.43. The van der Waals surface area contributed by atoms with Crippen LogP contribution < -0.4 is 16.4 Å². The number of amides is 3. The molecule has 2 fully saturated rings. The van der Waals surface area contributed by atoms with Crippen molar-refractivity contribution in [2.45, 2.75) is 84.3 Å². The van der Waals surface area contributed by atoms with Crippen LogP contribution >= 0.6 is 0 Å². The van der Waals surface area contributed by atoms with E-state index in [9.17, 15) is 14.4 Å². The highest BCUT2D eigenvalue weighted by atomic mass is 16.5. The molecule has 8 nitrogen and oxygen atoms in total. The van der Waals surface area contributed by atoms with Crippen LogP contribution in [0.15, 0.2) is 12.2 Å². The number of carbonyl (C=O) groups is 3. The van der Waals surface area contributed by atoms with Gasteiger partial charge in [-0.05, 0) is 50.4 Å². The van der Waals surface area contributed by atoms with Crippen LogP contribution in [-0.4, -0.2) is 67.1 Å². The number of fused-ring (bicyclic) bond motifs is 1. The van der Waals surface area contributed by atoms with Crippen molar-refractivity contribution in [3.63, 3.8) is 0 Å². The van der Waals surface area contributed by atoms with Gasteiger partial charge in [-0.3, -0.25) is 14.4 Å². The molecule has 0 bridgehead atoms. The molecule has 0 saturated carbocycles. The molecule has 192 valence electrons. The van der Waals surface area contributed by atoms with Crippen LogP contribution in [-0.2, 0) is 19.1 Å². The highest BCUT2D eigenvalue weighted by Crippen LogP contribution is 2.37. The van der Waals surface area contributed by atoms with Gasteiger partial charge in [0.25, 0.3) is 0 Å². The number of hydrogen-bond donors (Lipinski definition) is 3. The Bertz CT molecular complexity index is 758. The fourth-order valence-corrected chi connectivity index (χ4v) is 5.27. The molecule has 0 aliphatic carbocycles. The molecule has 0 radical (unpaired) electrons. The third kappa shape index (κ3) is 6.39. The van der Waals surface area contributed by atoms with Gasteiger partial charge < -0.3 is 26.0 Å². The monoisotopic (exact) mass is 476 g/mol. The number of nitrogens with two attached hydrogens (primary N) is 1. The smallest absolute Gasteiger partial charge is 0.242 e. The predicted octanol–water partition coefficient (Wildman–Crippen LogP) is 1.98. The molecular formula is C26H44N4O4. The lowest BCUT2D eigenvalue weighted by Gasteiger charge is -2.42. The number of likely N-dealkylation sites (tertiary alicyclic amines) is 1. The van der Waals surface area contributed by atoms with Crippen molar-refractivity contribution in [1.82, 2.24) is 15.5 Å². The second-order valence-corrected chi connectivity index (χ2v) is 11.2. The minimum Gasteiger partial charge on any atom is -0.381 e. The molecule has 4 atom stereocenters. The van der Waals surface area contributed by atoms with Crippen molar-refractivity contribution >= 4 is 17.7 Å². The molecule has 8 heteroatoms. The van der Waals surface area contributed by atoms with Crippen molar-refractivity contribution in [3.05, 3.63) is 12.2 Å². The van der Waals surface area contributed by atoms with Crippen molar-refractivity contribution in [3.8, 4) is 0 Å². The van der Waals surface area contributed by atoms with Gasteiger partial charge in [0, 0.05) is 31.7 Å². The van der Waals surface area contributed by atoms with Crippen LogP contribution in [0.1, 0.15) is 66.2 Å². The first-order valence-corrected chi connectivity index (χ1v) is 13.0. The first-order chi connectivity index (χ1) is 16.1. The van der Waals surface area contributed by atoms with Crippen molar-refractivity contribution < 1.29 is 19.1 Å². The normalized spacial score (nSPS) is 30.1. The summed E-state index contributed by atoms with van der Waals surface area (Å²) in [6.45, 7) is 10.3. The molecule has 0 unspecified atom stereocenters. The van der Waals surface area contributed by atoms with Crippen molar-refractivity contribution in [1.29, 1.82) is 0 Å². The maximum absolute atomic E-state index is 13.7. The van der Waals surface area contributed by atoms with Crippen molar-refractivity contribution in [2.75, 3.05) is 26.3 Å². The molecule has 3 amide bonds. The Balaban J connectivity index is 1.80. The highest BCUT2D eigenvalue weighted by molar-refractivity contribution is 5.91. The van der Waals surface area contributed by atoms with E-state index >= 15 is 0 Å². The van der Waals surface area contributed by atoms with Gasteiger partial charge in [-0.15, -0.1) is 0 Å². The number of rotatable bonds is 4. The lowest BCUT2D eigenvalue weighted by atomic mass is 9.74. The van der Waals surface area contributed by atoms with Crippen LogP contribution in [0, 0.1) is 23.2 Å².